The molecule has 0 aliphatic carbocycles. The average molecular weight is 369 g/mol. The number of piperidine rings is 1. The number of carbonyl (C=O) groups is 1. The molecule has 0 bridgehead atoms. The van der Waals surface area contributed by atoms with Crippen LogP contribution in [0, 0.1) is 0 Å². The second-order valence-corrected chi connectivity index (χ2v) is 7.81. The van der Waals surface area contributed by atoms with Gasteiger partial charge in [-0.25, -0.2) is 4.79 Å². The van der Waals surface area contributed by atoms with Gasteiger partial charge in [0.25, 0.3) is 0 Å². The topological polar surface area (TPSA) is 50.8 Å². The highest BCUT2D eigenvalue weighted by molar-refractivity contribution is 6.30. The van der Waals surface area contributed by atoms with E-state index in [0.717, 1.165) is 49.7 Å². The summed E-state index contributed by atoms with van der Waals surface area (Å²) in [6.45, 7) is 9.49. The normalized spacial score (nSPS) is 16.6. The Bertz CT molecular complexity index is 535. The van der Waals surface area contributed by atoms with Crippen molar-refractivity contribution in [1.29, 1.82) is 0 Å². The van der Waals surface area contributed by atoms with Gasteiger partial charge in [-0.3, -0.25) is 0 Å². The molecule has 2 rings (SSSR count). The predicted octanol–water partition coefficient (Wildman–Crippen LogP) is 3.57. The molecule has 1 aromatic carbocycles. The molecule has 5 nitrogen and oxygen atoms in total. The number of benzene rings is 1. The quantitative estimate of drug-likeness (QED) is 0.745. The second-order valence-electron chi connectivity index (χ2n) is 7.37. The summed E-state index contributed by atoms with van der Waals surface area (Å²) in [4.78, 5) is 14.1. The lowest BCUT2D eigenvalue weighted by molar-refractivity contribution is -0.163. The molecule has 0 atom stereocenters. The molecule has 0 spiro atoms. The Morgan fingerprint density at radius 2 is 1.88 bits per heavy atom. The van der Waals surface area contributed by atoms with Gasteiger partial charge in [0, 0.05) is 36.9 Å². The van der Waals surface area contributed by atoms with Crippen LogP contribution in [0.4, 0.5) is 5.69 Å². The fourth-order valence-corrected chi connectivity index (χ4v) is 2.91. The molecule has 1 fully saturated rings. The fraction of sp³-hybridized carbons (Fsp3) is 0.632. The first kappa shape index (κ1) is 20.0. The molecule has 1 saturated heterocycles. The SMILES string of the molecule is CC(C)(C)OC(=O)COC1CCN(CCNc2ccc(Cl)cc2)CC1. The van der Waals surface area contributed by atoms with Crippen LogP contribution in [0.2, 0.25) is 5.02 Å². The van der Waals surface area contributed by atoms with Crippen molar-refractivity contribution in [3.05, 3.63) is 29.3 Å². The number of anilines is 1. The van der Waals surface area contributed by atoms with Crippen LogP contribution in [-0.4, -0.2) is 55.4 Å². The van der Waals surface area contributed by atoms with Crippen molar-refractivity contribution in [2.24, 2.45) is 0 Å². The minimum absolute atomic E-state index is 0.0417. The summed E-state index contributed by atoms with van der Waals surface area (Å²) in [5, 5.41) is 4.15. The van der Waals surface area contributed by atoms with Gasteiger partial charge in [-0.2, -0.15) is 0 Å². The smallest absolute Gasteiger partial charge is 0.332 e. The number of esters is 1. The lowest BCUT2D eigenvalue weighted by atomic mass is 10.1. The Labute approximate surface area is 155 Å². The van der Waals surface area contributed by atoms with E-state index >= 15 is 0 Å². The van der Waals surface area contributed by atoms with Gasteiger partial charge in [-0.05, 0) is 57.9 Å². The summed E-state index contributed by atoms with van der Waals surface area (Å²) in [5.41, 5.74) is 0.626. The van der Waals surface area contributed by atoms with Crippen LogP contribution >= 0.6 is 11.6 Å². The Morgan fingerprint density at radius 3 is 2.48 bits per heavy atom. The predicted molar refractivity (Wildman–Crippen MR) is 101 cm³/mol. The molecule has 0 radical (unpaired) electrons. The number of rotatable bonds is 7. The third kappa shape index (κ3) is 8.08. The molecule has 1 aliphatic heterocycles. The van der Waals surface area contributed by atoms with Gasteiger partial charge in [0.1, 0.15) is 12.2 Å². The van der Waals surface area contributed by atoms with Gasteiger partial charge < -0.3 is 19.7 Å². The maximum absolute atomic E-state index is 11.7. The molecule has 6 heteroatoms. The van der Waals surface area contributed by atoms with Crippen LogP contribution < -0.4 is 5.32 Å². The van der Waals surface area contributed by atoms with Gasteiger partial charge in [-0.1, -0.05) is 11.6 Å². The van der Waals surface area contributed by atoms with Gasteiger partial charge >= 0.3 is 5.97 Å². The lowest BCUT2D eigenvalue weighted by Gasteiger charge is -2.32. The zero-order valence-electron chi connectivity index (χ0n) is 15.4. The van der Waals surface area contributed by atoms with Crippen LogP contribution in [0.15, 0.2) is 24.3 Å². The summed E-state index contributed by atoms with van der Waals surface area (Å²) in [5.74, 6) is -0.290. The van der Waals surface area contributed by atoms with E-state index in [1.807, 2.05) is 45.0 Å². The Hall–Kier alpha value is -1.30. The van der Waals surface area contributed by atoms with Gasteiger partial charge in [0.2, 0.25) is 0 Å². The molecule has 0 amide bonds. The molecule has 0 unspecified atom stereocenters. The van der Waals surface area contributed by atoms with Crippen molar-refractivity contribution in [3.8, 4) is 0 Å². The summed E-state index contributed by atoms with van der Waals surface area (Å²) in [7, 11) is 0. The number of likely N-dealkylation sites (tertiary alicyclic amines) is 1. The number of nitrogens with zero attached hydrogens (tertiary/aromatic N) is 1. The molecule has 1 aliphatic rings. The van der Waals surface area contributed by atoms with E-state index in [9.17, 15) is 4.79 Å². The summed E-state index contributed by atoms with van der Waals surface area (Å²) in [6.07, 6.45) is 2.04. The summed E-state index contributed by atoms with van der Waals surface area (Å²) < 4.78 is 11.0. The number of carbonyl (C=O) groups excluding carboxylic acids is 1. The molecule has 1 heterocycles. The van der Waals surface area contributed by atoms with Crippen LogP contribution in [-0.2, 0) is 14.3 Å². The van der Waals surface area contributed by atoms with Crippen molar-refractivity contribution in [2.75, 3.05) is 38.1 Å². The minimum Gasteiger partial charge on any atom is -0.458 e. The van der Waals surface area contributed by atoms with Crippen LogP contribution in [0.1, 0.15) is 33.6 Å². The second kappa shape index (κ2) is 9.41. The monoisotopic (exact) mass is 368 g/mol. The van der Waals surface area contributed by atoms with Crippen molar-refractivity contribution in [2.45, 2.75) is 45.3 Å². The van der Waals surface area contributed by atoms with Gasteiger partial charge in [0.15, 0.2) is 0 Å². The highest BCUT2D eigenvalue weighted by Gasteiger charge is 2.22. The van der Waals surface area contributed by atoms with Crippen LogP contribution in [0.3, 0.4) is 0 Å². The van der Waals surface area contributed by atoms with E-state index < -0.39 is 5.60 Å². The third-order valence-corrected chi connectivity index (χ3v) is 4.24. The lowest BCUT2D eigenvalue weighted by Crippen LogP contribution is -2.40. The standard InChI is InChI=1S/C19H29ClN2O3/c1-19(2,3)25-18(23)14-24-17-8-11-22(12-9-17)13-10-21-16-6-4-15(20)5-7-16/h4-7,17,21H,8-14H2,1-3H3. The van der Waals surface area contributed by atoms with E-state index in [1.54, 1.807) is 0 Å². The zero-order valence-corrected chi connectivity index (χ0v) is 16.1. The number of hydrogen-bond donors (Lipinski definition) is 1. The molecule has 0 saturated carbocycles. The number of halogens is 1. The average Bonchev–Trinajstić information content (AvgIpc) is 2.54. The van der Waals surface area contributed by atoms with Crippen molar-refractivity contribution in [3.63, 3.8) is 0 Å². The Balaban J connectivity index is 1.58. The van der Waals surface area contributed by atoms with E-state index in [0.29, 0.717) is 0 Å². The van der Waals surface area contributed by atoms with E-state index in [2.05, 4.69) is 10.2 Å². The largest absolute Gasteiger partial charge is 0.458 e. The van der Waals surface area contributed by atoms with Gasteiger partial charge in [0.05, 0.1) is 6.10 Å². The fourth-order valence-electron chi connectivity index (χ4n) is 2.78. The number of hydrogen-bond acceptors (Lipinski definition) is 5. The first-order chi connectivity index (χ1) is 11.8. The highest BCUT2D eigenvalue weighted by atomic mass is 35.5. The molecule has 25 heavy (non-hydrogen) atoms. The highest BCUT2D eigenvalue weighted by Crippen LogP contribution is 2.16. The minimum atomic E-state index is -0.457. The van der Waals surface area contributed by atoms with Crippen molar-refractivity contribution >= 4 is 23.3 Å². The van der Waals surface area contributed by atoms with E-state index in [-0.39, 0.29) is 18.7 Å². The third-order valence-electron chi connectivity index (χ3n) is 3.99. The van der Waals surface area contributed by atoms with Crippen LogP contribution in [0.25, 0.3) is 0 Å². The molecular formula is C19H29ClN2O3. The summed E-state index contributed by atoms with van der Waals surface area (Å²) in [6, 6.07) is 7.74. The molecule has 0 aromatic heterocycles. The van der Waals surface area contributed by atoms with E-state index in [4.69, 9.17) is 21.1 Å². The number of nitrogens with one attached hydrogen (secondary N) is 1. The Morgan fingerprint density at radius 1 is 1.24 bits per heavy atom. The summed E-state index contributed by atoms with van der Waals surface area (Å²) >= 11 is 5.88. The Kier molecular flexibility index (Phi) is 7.54. The number of ether oxygens (including phenoxy) is 2. The molecule has 140 valence electrons. The van der Waals surface area contributed by atoms with Crippen molar-refractivity contribution in [1.82, 2.24) is 4.90 Å². The van der Waals surface area contributed by atoms with E-state index in [1.165, 1.54) is 0 Å². The molecule has 1 aromatic rings. The van der Waals surface area contributed by atoms with Gasteiger partial charge in [-0.15, -0.1) is 0 Å². The van der Waals surface area contributed by atoms with Crippen molar-refractivity contribution < 1.29 is 14.3 Å². The molecular weight excluding hydrogens is 340 g/mol. The maximum Gasteiger partial charge on any atom is 0.332 e. The zero-order chi connectivity index (χ0) is 18.3. The van der Waals surface area contributed by atoms with Crippen LogP contribution in [0.5, 0.6) is 0 Å². The first-order valence-corrected chi connectivity index (χ1v) is 9.25. The molecule has 1 N–H and O–H groups in total. The first-order valence-electron chi connectivity index (χ1n) is 8.87. The maximum atomic E-state index is 11.7.